The van der Waals surface area contributed by atoms with E-state index in [1.165, 1.54) is 18.2 Å². The van der Waals surface area contributed by atoms with E-state index in [-0.39, 0.29) is 16.6 Å². The first-order valence-corrected chi connectivity index (χ1v) is 6.78. The largest absolute Gasteiger partial charge is 0.456 e. The normalized spacial score (nSPS) is 12.8. The smallest absolute Gasteiger partial charge is 0.169 e. The molecule has 3 rings (SSSR count). The fraction of sp³-hybridized carbons (Fsp3) is 0.125. The van der Waals surface area contributed by atoms with Gasteiger partial charge in [-0.05, 0) is 36.9 Å². The van der Waals surface area contributed by atoms with Crippen molar-refractivity contribution in [1.29, 1.82) is 0 Å². The highest BCUT2D eigenvalue weighted by Gasteiger charge is 2.20. The summed E-state index contributed by atoms with van der Waals surface area (Å²) >= 11 is 6.09. The van der Waals surface area contributed by atoms with Gasteiger partial charge in [0.05, 0.1) is 6.04 Å². The summed E-state index contributed by atoms with van der Waals surface area (Å²) in [5.41, 5.74) is 0.867. The number of hydrogen-bond donors (Lipinski definition) is 1. The molecule has 1 atom stereocenters. The summed E-state index contributed by atoms with van der Waals surface area (Å²) in [5, 5.41) is 4.01. The summed E-state index contributed by atoms with van der Waals surface area (Å²) in [6.07, 6.45) is 0. The topological polar surface area (TPSA) is 25.2 Å². The second-order valence-corrected chi connectivity index (χ2v) is 5.10. The third kappa shape index (κ3) is 2.52. The van der Waals surface area contributed by atoms with Crippen LogP contribution in [0.5, 0.6) is 0 Å². The number of benzene rings is 2. The van der Waals surface area contributed by atoms with Gasteiger partial charge in [-0.2, -0.15) is 0 Å². The molecule has 0 spiro atoms. The number of nitrogens with one attached hydrogen (secondary N) is 1. The Morgan fingerprint density at radius 2 is 1.95 bits per heavy atom. The summed E-state index contributed by atoms with van der Waals surface area (Å²) in [6, 6.07) is 10.3. The summed E-state index contributed by atoms with van der Waals surface area (Å²) in [6.45, 7) is 0. The molecular weight excluding hydrogens is 296 g/mol. The van der Waals surface area contributed by atoms with Crippen LogP contribution in [0.25, 0.3) is 11.0 Å². The van der Waals surface area contributed by atoms with Crippen molar-refractivity contribution in [2.75, 3.05) is 7.05 Å². The molecule has 2 aromatic carbocycles. The second-order valence-electron chi connectivity index (χ2n) is 4.69. The standard InChI is InChI=1S/C16H12ClF2NO/c1-20-15(11-6-5-10(18)8-12(11)17)14-7-9-3-2-4-13(19)16(9)21-14/h2-8,15,20H,1H3. The van der Waals surface area contributed by atoms with Crippen LogP contribution >= 0.6 is 11.6 Å². The first-order chi connectivity index (χ1) is 10.1. The van der Waals surface area contributed by atoms with Gasteiger partial charge in [-0.25, -0.2) is 8.78 Å². The first kappa shape index (κ1) is 14.0. The minimum Gasteiger partial charge on any atom is -0.456 e. The van der Waals surface area contributed by atoms with Gasteiger partial charge >= 0.3 is 0 Å². The van der Waals surface area contributed by atoms with Gasteiger partial charge in [0.15, 0.2) is 11.4 Å². The van der Waals surface area contributed by atoms with Gasteiger partial charge < -0.3 is 9.73 Å². The Morgan fingerprint density at radius 1 is 1.14 bits per heavy atom. The third-order valence-corrected chi connectivity index (χ3v) is 3.69. The van der Waals surface area contributed by atoms with Gasteiger partial charge in [-0.3, -0.25) is 0 Å². The van der Waals surface area contributed by atoms with Gasteiger partial charge in [-0.1, -0.05) is 29.8 Å². The van der Waals surface area contributed by atoms with Gasteiger partial charge in [0.1, 0.15) is 11.6 Å². The number of halogens is 3. The van der Waals surface area contributed by atoms with Crippen molar-refractivity contribution in [3.63, 3.8) is 0 Å². The minimum atomic E-state index is -0.418. The molecule has 21 heavy (non-hydrogen) atoms. The Kier molecular flexibility index (Phi) is 3.66. The lowest BCUT2D eigenvalue weighted by Crippen LogP contribution is -2.17. The predicted molar refractivity (Wildman–Crippen MR) is 78.5 cm³/mol. The maximum absolute atomic E-state index is 13.7. The molecule has 0 aliphatic rings. The fourth-order valence-electron chi connectivity index (χ4n) is 2.38. The lowest BCUT2D eigenvalue weighted by molar-refractivity contribution is 0.476. The monoisotopic (exact) mass is 307 g/mol. The van der Waals surface area contributed by atoms with E-state index in [4.69, 9.17) is 16.0 Å². The molecule has 2 nitrogen and oxygen atoms in total. The average Bonchev–Trinajstić information content (AvgIpc) is 2.87. The number of hydrogen-bond acceptors (Lipinski definition) is 2. The number of furan rings is 1. The third-order valence-electron chi connectivity index (χ3n) is 3.36. The van der Waals surface area contributed by atoms with Crippen molar-refractivity contribution in [2.45, 2.75) is 6.04 Å². The Hall–Kier alpha value is -1.91. The van der Waals surface area contributed by atoms with Crippen molar-refractivity contribution in [1.82, 2.24) is 5.32 Å². The lowest BCUT2D eigenvalue weighted by Gasteiger charge is -2.15. The number of rotatable bonds is 3. The average molecular weight is 308 g/mol. The van der Waals surface area contributed by atoms with E-state index in [0.717, 1.165) is 0 Å². The highest BCUT2D eigenvalue weighted by molar-refractivity contribution is 6.31. The molecule has 0 bridgehead atoms. The summed E-state index contributed by atoms with van der Waals surface area (Å²) in [4.78, 5) is 0. The van der Waals surface area contributed by atoms with Crippen LogP contribution in [0, 0.1) is 11.6 Å². The lowest BCUT2D eigenvalue weighted by atomic mass is 10.0. The molecule has 1 N–H and O–H groups in total. The molecule has 1 aromatic heterocycles. The van der Waals surface area contributed by atoms with Crippen LogP contribution in [-0.4, -0.2) is 7.05 Å². The number of fused-ring (bicyclic) bond motifs is 1. The van der Waals surface area contributed by atoms with Gasteiger partial charge in [0, 0.05) is 10.4 Å². The van der Waals surface area contributed by atoms with Crippen molar-refractivity contribution in [2.24, 2.45) is 0 Å². The molecule has 0 saturated carbocycles. The molecule has 0 radical (unpaired) electrons. The van der Waals surface area contributed by atoms with Crippen molar-refractivity contribution < 1.29 is 13.2 Å². The van der Waals surface area contributed by atoms with Crippen LogP contribution in [0.3, 0.4) is 0 Å². The highest BCUT2D eigenvalue weighted by atomic mass is 35.5. The Labute approximate surface area is 125 Å². The zero-order valence-corrected chi connectivity index (χ0v) is 11.9. The van der Waals surface area contributed by atoms with E-state index in [2.05, 4.69) is 5.32 Å². The molecule has 0 aliphatic heterocycles. The summed E-state index contributed by atoms with van der Waals surface area (Å²) < 4.78 is 32.5. The molecular formula is C16H12ClF2NO. The van der Waals surface area contributed by atoms with Crippen molar-refractivity contribution >= 4 is 22.6 Å². The molecule has 0 amide bonds. The summed E-state index contributed by atoms with van der Waals surface area (Å²) in [7, 11) is 1.73. The van der Waals surface area contributed by atoms with Crippen LogP contribution < -0.4 is 5.32 Å². The van der Waals surface area contributed by atoms with E-state index in [1.54, 1.807) is 31.3 Å². The SMILES string of the molecule is CNC(c1cc2cccc(F)c2o1)c1ccc(F)cc1Cl. The van der Waals surface area contributed by atoms with Crippen molar-refractivity contribution in [3.8, 4) is 0 Å². The van der Waals surface area contributed by atoms with E-state index >= 15 is 0 Å². The summed E-state index contributed by atoms with van der Waals surface area (Å²) in [5.74, 6) is -0.306. The first-order valence-electron chi connectivity index (χ1n) is 6.40. The van der Waals surface area contributed by atoms with Crippen LogP contribution in [0.4, 0.5) is 8.78 Å². The van der Waals surface area contributed by atoms with Crippen LogP contribution in [0.1, 0.15) is 17.4 Å². The van der Waals surface area contributed by atoms with Crippen LogP contribution in [0.15, 0.2) is 46.9 Å². The maximum atomic E-state index is 13.7. The minimum absolute atomic E-state index is 0.200. The number of para-hydroxylation sites is 1. The zero-order valence-electron chi connectivity index (χ0n) is 11.2. The fourth-order valence-corrected chi connectivity index (χ4v) is 2.65. The predicted octanol–water partition coefficient (Wildman–Crippen LogP) is 4.67. The molecule has 1 unspecified atom stereocenters. The quantitative estimate of drug-likeness (QED) is 0.760. The van der Waals surface area contributed by atoms with E-state index < -0.39 is 11.6 Å². The molecule has 0 aliphatic carbocycles. The second kappa shape index (κ2) is 5.47. The van der Waals surface area contributed by atoms with E-state index in [0.29, 0.717) is 16.7 Å². The van der Waals surface area contributed by atoms with Gasteiger partial charge in [0.2, 0.25) is 0 Å². The Morgan fingerprint density at radius 3 is 2.62 bits per heavy atom. The highest BCUT2D eigenvalue weighted by Crippen LogP contribution is 2.32. The van der Waals surface area contributed by atoms with E-state index in [9.17, 15) is 8.78 Å². The van der Waals surface area contributed by atoms with Crippen LogP contribution in [0.2, 0.25) is 5.02 Å². The Bertz CT molecular complexity index is 800. The molecule has 5 heteroatoms. The van der Waals surface area contributed by atoms with Crippen LogP contribution in [-0.2, 0) is 0 Å². The zero-order chi connectivity index (χ0) is 15.0. The van der Waals surface area contributed by atoms with Gasteiger partial charge in [-0.15, -0.1) is 0 Å². The molecule has 1 heterocycles. The van der Waals surface area contributed by atoms with Crippen molar-refractivity contribution in [3.05, 3.63) is 70.4 Å². The van der Waals surface area contributed by atoms with Gasteiger partial charge in [0.25, 0.3) is 0 Å². The molecule has 108 valence electrons. The molecule has 0 saturated heterocycles. The van der Waals surface area contributed by atoms with E-state index in [1.807, 2.05) is 0 Å². The molecule has 3 aromatic rings. The Balaban J connectivity index is 2.11. The maximum Gasteiger partial charge on any atom is 0.169 e. The molecule has 0 fully saturated rings.